The molecule has 0 spiro atoms. The molecule has 3 rings (SSSR count). The van der Waals surface area contributed by atoms with Gasteiger partial charge in [-0.3, -0.25) is 4.79 Å². The van der Waals surface area contributed by atoms with Gasteiger partial charge in [0.05, 0.1) is 6.42 Å². The van der Waals surface area contributed by atoms with Crippen molar-refractivity contribution in [1.82, 2.24) is 5.32 Å². The Morgan fingerprint density at radius 3 is 2.95 bits per heavy atom. The van der Waals surface area contributed by atoms with Crippen LogP contribution in [-0.2, 0) is 11.2 Å². The molecule has 0 radical (unpaired) electrons. The van der Waals surface area contributed by atoms with E-state index in [4.69, 9.17) is 5.73 Å². The zero-order valence-electron chi connectivity index (χ0n) is 11.6. The quantitative estimate of drug-likeness (QED) is 0.755. The third-order valence-corrected chi connectivity index (χ3v) is 4.17. The summed E-state index contributed by atoms with van der Waals surface area (Å²) in [6.45, 7) is 5.36. The van der Waals surface area contributed by atoms with E-state index in [0.29, 0.717) is 12.5 Å². The zero-order valence-corrected chi connectivity index (χ0v) is 11.6. The molecule has 1 amide bonds. The van der Waals surface area contributed by atoms with E-state index in [1.807, 2.05) is 23.1 Å². The van der Waals surface area contributed by atoms with Crippen LogP contribution in [0, 0.1) is 0 Å². The predicted octanol–water partition coefficient (Wildman–Crippen LogP) is 1.69. The molecule has 0 bridgehead atoms. The lowest BCUT2D eigenvalue weighted by molar-refractivity contribution is -0.118. The number of carbonyl (C=O) groups is 1. The maximum atomic E-state index is 12.3. The lowest BCUT2D eigenvalue weighted by Gasteiger charge is -2.40. The van der Waals surface area contributed by atoms with Crippen molar-refractivity contribution in [3.05, 3.63) is 23.8 Å². The van der Waals surface area contributed by atoms with Crippen molar-refractivity contribution in [1.29, 1.82) is 0 Å². The van der Waals surface area contributed by atoms with Crippen LogP contribution in [0.15, 0.2) is 18.2 Å². The zero-order chi connectivity index (χ0) is 13.6. The summed E-state index contributed by atoms with van der Waals surface area (Å²) >= 11 is 0. The molecule has 1 saturated heterocycles. The summed E-state index contributed by atoms with van der Waals surface area (Å²) in [6, 6.07) is 6.11. The van der Waals surface area contributed by atoms with Crippen molar-refractivity contribution in [2.75, 3.05) is 17.2 Å². The van der Waals surface area contributed by atoms with Crippen LogP contribution in [0.3, 0.4) is 0 Å². The van der Waals surface area contributed by atoms with Crippen molar-refractivity contribution < 1.29 is 4.79 Å². The highest BCUT2D eigenvalue weighted by Crippen LogP contribution is 2.35. The van der Waals surface area contributed by atoms with Gasteiger partial charge in [-0.1, -0.05) is 0 Å². The number of anilines is 2. The number of hydrogen-bond donors (Lipinski definition) is 2. The minimum atomic E-state index is 0.0970. The fraction of sp³-hybridized carbons (Fsp3) is 0.533. The molecule has 1 aromatic carbocycles. The maximum Gasteiger partial charge on any atom is 0.231 e. The third-order valence-electron chi connectivity index (χ3n) is 4.17. The topological polar surface area (TPSA) is 58.4 Å². The summed E-state index contributed by atoms with van der Waals surface area (Å²) < 4.78 is 0. The first-order valence-electron chi connectivity index (χ1n) is 6.92. The van der Waals surface area contributed by atoms with Crippen LogP contribution < -0.4 is 16.0 Å². The van der Waals surface area contributed by atoms with E-state index in [0.717, 1.165) is 36.3 Å². The standard InChI is InChI=1S/C15H21N3O/c1-15(2)9-12(5-6-17-15)18-13-4-3-11(16)7-10(13)8-14(18)19/h3-4,7,12,17H,5-6,8-9,16H2,1-2H3. The Bertz CT molecular complexity index is 524. The first kappa shape index (κ1) is 12.5. The number of fused-ring (bicyclic) bond motifs is 1. The summed E-state index contributed by atoms with van der Waals surface area (Å²) in [5.41, 5.74) is 8.76. The minimum Gasteiger partial charge on any atom is -0.399 e. The van der Waals surface area contributed by atoms with E-state index < -0.39 is 0 Å². The Morgan fingerprint density at radius 1 is 1.42 bits per heavy atom. The molecule has 1 fully saturated rings. The summed E-state index contributed by atoms with van der Waals surface area (Å²) in [5, 5.41) is 3.50. The van der Waals surface area contributed by atoms with Crippen molar-refractivity contribution in [3.8, 4) is 0 Å². The first-order chi connectivity index (χ1) is 8.96. The molecular formula is C15H21N3O. The Morgan fingerprint density at radius 2 is 2.21 bits per heavy atom. The van der Waals surface area contributed by atoms with Crippen molar-refractivity contribution in [2.45, 2.75) is 44.7 Å². The third kappa shape index (κ3) is 2.21. The van der Waals surface area contributed by atoms with Gasteiger partial charge in [0.2, 0.25) is 5.91 Å². The highest BCUT2D eigenvalue weighted by molar-refractivity contribution is 6.02. The Labute approximate surface area is 114 Å². The van der Waals surface area contributed by atoms with Crippen LogP contribution in [0.5, 0.6) is 0 Å². The molecule has 102 valence electrons. The molecule has 4 nitrogen and oxygen atoms in total. The average molecular weight is 259 g/mol. The fourth-order valence-corrected chi connectivity index (χ4v) is 3.33. The molecule has 0 aromatic heterocycles. The van der Waals surface area contributed by atoms with E-state index >= 15 is 0 Å². The number of piperidine rings is 1. The van der Waals surface area contributed by atoms with E-state index in [2.05, 4.69) is 19.2 Å². The van der Waals surface area contributed by atoms with Crippen LogP contribution in [0.2, 0.25) is 0 Å². The number of nitrogen functional groups attached to an aromatic ring is 1. The van der Waals surface area contributed by atoms with Gasteiger partial charge in [-0.15, -0.1) is 0 Å². The van der Waals surface area contributed by atoms with Crippen LogP contribution >= 0.6 is 0 Å². The molecule has 0 aliphatic carbocycles. The second-order valence-corrected chi connectivity index (χ2v) is 6.29. The second kappa shape index (κ2) is 4.23. The smallest absolute Gasteiger partial charge is 0.231 e. The van der Waals surface area contributed by atoms with Crippen molar-refractivity contribution >= 4 is 17.3 Å². The fourth-order valence-electron chi connectivity index (χ4n) is 3.33. The molecule has 2 aliphatic heterocycles. The van der Waals surface area contributed by atoms with E-state index in [1.54, 1.807) is 0 Å². The Kier molecular flexibility index (Phi) is 2.78. The SMILES string of the molecule is CC1(C)CC(N2C(=O)Cc3cc(N)ccc32)CCN1. The number of rotatable bonds is 1. The predicted molar refractivity (Wildman–Crippen MR) is 77.1 cm³/mol. The molecule has 0 saturated carbocycles. The molecule has 4 heteroatoms. The lowest BCUT2D eigenvalue weighted by atomic mass is 9.88. The van der Waals surface area contributed by atoms with E-state index in [-0.39, 0.29) is 11.4 Å². The summed E-state index contributed by atoms with van der Waals surface area (Å²) in [7, 11) is 0. The molecule has 1 unspecified atom stereocenters. The van der Waals surface area contributed by atoms with Crippen LogP contribution in [0.4, 0.5) is 11.4 Å². The number of carbonyl (C=O) groups excluding carboxylic acids is 1. The molecule has 1 atom stereocenters. The first-order valence-corrected chi connectivity index (χ1v) is 6.92. The highest BCUT2D eigenvalue weighted by Gasteiger charge is 2.37. The van der Waals surface area contributed by atoms with Gasteiger partial charge in [-0.05, 0) is 57.0 Å². The molecule has 2 aliphatic rings. The number of nitrogens with two attached hydrogens (primary N) is 1. The minimum absolute atomic E-state index is 0.0970. The number of nitrogens with zero attached hydrogens (tertiary/aromatic N) is 1. The number of amides is 1. The number of nitrogens with one attached hydrogen (secondary N) is 1. The molecule has 2 heterocycles. The number of benzene rings is 1. The van der Waals surface area contributed by atoms with Crippen molar-refractivity contribution in [2.24, 2.45) is 0 Å². The van der Waals surface area contributed by atoms with Gasteiger partial charge in [0.15, 0.2) is 0 Å². The van der Waals surface area contributed by atoms with Gasteiger partial charge >= 0.3 is 0 Å². The average Bonchev–Trinajstić information content (AvgIpc) is 2.62. The highest BCUT2D eigenvalue weighted by atomic mass is 16.2. The van der Waals surface area contributed by atoms with Gasteiger partial charge in [0.25, 0.3) is 0 Å². The van der Waals surface area contributed by atoms with Gasteiger partial charge in [-0.25, -0.2) is 0 Å². The largest absolute Gasteiger partial charge is 0.399 e. The van der Waals surface area contributed by atoms with E-state index in [1.165, 1.54) is 0 Å². The molecular weight excluding hydrogens is 238 g/mol. The molecule has 19 heavy (non-hydrogen) atoms. The summed E-state index contributed by atoms with van der Waals surface area (Å²) in [5.74, 6) is 0.211. The van der Waals surface area contributed by atoms with Gasteiger partial charge in [0, 0.05) is 23.0 Å². The normalized spacial score (nSPS) is 25.5. The molecule has 1 aromatic rings. The Balaban J connectivity index is 1.92. The second-order valence-electron chi connectivity index (χ2n) is 6.29. The maximum absolute atomic E-state index is 12.3. The number of hydrogen-bond acceptors (Lipinski definition) is 3. The molecule has 3 N–H and O–H groups in total. The summed E-state index contributed by atoms with van der Waals surface area (Å²) in [4.78, 5) is 14.3. The summed E-state index contributed by atoms with van der Waals surface area (Å²) in [6.07, 6.45) is 2.49. The van der Waals surface area contributed by atoms with Crippen LogP contribution in [-0.4, -0.2) is 24.0 Å². The van der Waals surface area contributed by atoms with Crippen LogP contribution in [0.25, 0.3) is 0 Å². The van der Waals surface area contributed by atoms with Gasteiger partial charge in [0.1, 0.15) is 0 Å². The monoisotopic (exact) mass is 259 g/mol. The van der Waals surface area contributed by atoms with E-state index in [9.17, 15) is 4.79 Å². The Hall–Kier alpha value is -1.55. The lowest BCUT2D eigenvalue weighted by Crippen LogP contribution is -2.54. The van der Waals surface area contributed by atoms with Gasteiger partial charge < -0.3 is 16.0 Å². The van der Waals surface area contributed by atoms with Gasteiger partial charge in [-0.2, -0.15) is 0 Å². The van der Waals surface area contributed by atoms with Crippen LogP contribution in [0.1, 0.15) is 32.3 Å². The van der Waals surface area contributed by atoms with Crippen molar-refractivity contribution in [3.63, 3.8) is 0 Å².